The minimum absolute atomic E-state index is 0.125. The van der Waals surface area contributed by atoms with Gasteiger partial charge in [-0.2, -0.15) is 0 Å². The third-order valence-corrected chi connectivity index (χ3v) is 5.52. The number of hydrogen-bond donors (Lipinski definition) is 1. The number of nitrogens with two attached hydrogens (primary N) is 1. The molecule has 7 heteroatoms. The number of carbonyl (C=O) groups excluding carboxylic acids is 1. The number of nitrogens with zero attached hydrogens (tertiary/aromatic N) is 4. The molecule has 0 saturated carbocycles. The van der Waals surface area contributed by atoms with Crippen LogP contribution in [0.4, 0.5) is 5.82 Å². The van der Waals surface area contributed by atoms with E-state index < -0.39 is 5.91 Å². The predicted octanol–water partition coefficient (Wildman–Crippen LogP) is 1.03. The average Bonchev–Trinajstić information content (AvgIpc) is 2.64. The quantitative estimate of drug-likeness (QED) is 0.872. The summed E-state index contributed by atoms with van der Waals surface area (Å²) >= 11 is 0. The summed E-state index contributed by atoms with van der Waals surface area (Å²) in [6.07, 6.45) is 2.75. The van der Waals surface area contributed by atoms with Crippen LogP contribution in [0.5, 0.6) is 0 Å². The van der Waals surface area contributed by atoms with Crippen LogP contribution in [0.2, 0.25) is 0 Å². The maximum Gasteiger partial charge on any atom is 0.255 e. The van der Waals surface area contributed by atoms with Crippen LogP contribution in [0.25, 0.3) is 0 Å². The van der Waals surface area contributed by atoms with E-state index in [0.29, 0.717) is 30.4 Å². The Kier molecular flexibility index (Phi) is 4.47. The summed E-state index contributed by atoms with van der Waals surface area (Å²) < 4.78 is 1.96. The molecule has 0 aliphatic carbocycles. The fourth-order valence-corrected chi connectivity index (χ4v) is 4.47. The van der Waals surface area contributed by atoms with Crippen LogP contribution in [-0.4, -0.2) is 47.5 Å². The van der Waals surface area contributed by atoms with Gasteiger partial charge in [0.15, 0.2) is 0 Å². The Morgan fingerprint density at radius 1 is 1.26 bits per heavy atom. The van der Waals surface area contributed by atoms with Crippen molar-refractivity contribution >= 4 is 11.7 Å². The van der Waals surface area contributed by atoms with Crippen LogP contribution in [-0.2, 0) is 13.1 Å². The molecule has 0 radical (unpaired) electrons. The summed E-state index contributed by atoms with van der Waals surface area (Å²) in [4.78, 5) is 33.3. The first-order valence-corrected chi connectivity index (χ1v) is 9.31. The van der Waals surface area contributed by atoms with Gasteiger partial charge in [-0.25, -0.2) is 4.98 Å². The molecule has 7 nitrogen and oxygen atoms in total. The smallest absolute Gasteiger partial charge is 0.255 e. The Balaban J connectivity index is 1.67. The second kappa shape index (κ2) is 6.81. The van der Waals surface area contributed by atoms with E-state index in [1.807, 2.05) is 29.6 Å². The third kappa shape index (κ3) is 3.23. The van der Waals surface area contributed by atoms with Gasteiger partial charge >= 0.3 is 0 Å². The van der Waals surface area contributed by atoms with Gasteiger partial charge in [0.05, 0.1) is 5.56 Å². The molecule has 4 rings (SSSR count). The molecule has 2 aliphatic heterocycles. The van der Waals surface area contributed by atoms with Crippen LogP contribution < -0.4 is 16.2 Å². The van der Waals surface area contributed by atoms with Crippen LogP contribution in [0.3, 0.4) is 0 Å². The van der Waals surface area contributed by atoms with Gasteiger partial charge in [-0.3, -0.25) is 9.59 Å². The molecule has 2 atom stereocenters. The lowest BCUT2D eigenvalue weighted by Crippen LogP contribution is -2.48. The zero-order valence-electron chi connectivity index (χ0n) is 15.8. The van der Waals surface area contributed by atoms with E-state index in [4.69, 9.17) is 5.73 Å². The summed E-state index contributed by atoms with van der Waals surface area (Å²) in [6, 6.07) is 7.51. The number of amides is 1. The van der Waals surface area contributed by atoms with Gasteiger partial charge in [-0.05, 0) is 44.6 Å². The molecule has 2 aromatic heterocycles. The van der Waals surface area contributed by atoms with Crippen molar-refractivity contribution in [1.82, 2.24) is 14.5 Å². The SMILES string of the molecule is CN(C)Cc1ccc2n(c1=O)C[C@H]1C[C@@H]2CN(c2ncccc2C(N)=O)C1. The van der Waals surface area contributed by atoms with E-state index in [0.717, 1.165) is 30.8 Å². The van der Waals surface area contributed by atoms with E-state index in [1.165, 1.54) is 0 Å². The maximum absolute atomic E-state index is 12.9. The van der Waals surface area contributed by atoms with E-state index in [-0.39, 0.29) is 11.5 Å². The van der Waals surface area contributed by atoms with Crippen molar-refractivity contribution in [2.24, 2.45) is 11.7 Å². The van der Waals surface area contributed by atoms with Gasteiger partial charge in [-0.1, -0.05) is 6.07 Å². The van der Waals surface area contributed by atoms with Crippen molar-refractivity contribution in [2.75, 3.05) is 32.1 Å². The molecule has 142 valence electrons. The second-order valence-corrected chi connectivity index (χ2v) is 7.88. The fourth-order valence-electron chi connectivity index (χ4n) is 4.47. The third-order valence-electron chi connectivity index (χ3n) is 5.52. The van der Waals surface area contributed by atoms with Gasteiger partial charge in [0, 0.05) is 49.6 Å². The number of primary amides is 1. The summed E-state index contributed by atoms with van der Waals surface area (Å²) in [5, 5.41) is 0. The van der Waals surface area contributed by atoms with Crippen molar-refractivity contribution in [3.63, 3.8) is 0 Å². The molecular weight excluding hydrogens is 342 g/mol. The van der Waals surface area contributed by atoms with Crippen molar-refractivity contribution in [3.8, 4) is 0 Å². The Morgan fingerprint density at radius 3 is 2.81 bits per heavy atom. The van der Waals surface area contributed by atoms with Gasteiger partial charge < -0.3 is 20.1 Å². The van der Waals surface area contributed by atoms with Crippen molar-refractivity contribution < 1.29 is 4.79 Å². The van der Waals surface area contributed by atoms with Gasteiger partial charge in [-0.15, -0.1) is 0 Å². The first-order chi connectivity index (χ1) is 12.9. The maximum atomic E-state index is 12.9. The summed E-state index contributed by atoms with van der Waals surface area (Å²) in [6.45, 7) is 2.87. The Morgan fingerprint density at radius 2 is 2.07 bits per heavy atom. The summed E-state index contributed by atoms with van der Waals surface area (Å²) in [5.74, 6) is 0.797. The normalized spacial score (nSPS) is 21.2. The molecule has 0 aromatic carbocycles. The lowest BCUT2D eigenvalue weighted by atomic mass is 9.82. The number of anilines is 1. The number of hydrogen-bond acceptors (Lipinski definition) is 5. The van der Waals surface area contributed by atoms with Gasteiger partial charge in [0.2, 0.25) is 0 Å². The minimum Gasteiger partial charge on any atom is -0.365 e. The highest BCUT2D eigenvalue weighted by atomic mass is 16.1. The largest absolute Gasteiger partial charge is 0.365 e. The molecule has 0 spiro atoms. The monoisotopic (exact) mass is 367 g/mol. The van der Waals surface area contributed by atoms with E-state index in [1.54, 1.807) is 18.3 Å². The molecule has 1 fully saturated rings. The molecule has 0 unspecified atom stereocenters. The zero-order valence-corrected chi connectivity index (χ0v) is 15.8. The predicted molar refractivity (Wildman–Crippen MR) is 104 cm³/mol. The highest BCUT2D eigenvalue weighted by Crippen LogP contribution is 2.37. The number of rotatable bonds is 4. The van der Waals surface area contributed by atoms with Crippen LogP contribution >= 0.6 is 0 Å². The topological polar surface area (TPSA) is 84.5 Å². The Labute approximate surface area is 158 Å². The number of aromatic nitrogens is 2. The first kappa shape index (κ1) is 17.7. The molecule has 2 aromatic rings. The number of piperidine rings is 1. The standard InChI is InChI=1S/C20H25N5O2/c1-23(2)11-14-5-6-17-15-8-13(10-25(17)20(14)27)9-24(12-15)19-16(18(21)26)4-3-7-22-19/h3-7,13,15H,8-12H2,1-2H3,(H2,21,26)/t13-,15+/m0/s1. The van der Waals surface area contributed by atoms with Crippen LogP contribution in [0.1, 0.15) is 34.0 Å². The molecule has 2 N–H and O–H groups in total. The zero-order chi connectivity index (χ0) is 19.1. The second-order valence-electron chi connectivity index (χ2n) is 7.88. The van der Waals surface area contributed by atoms with Crippen LogP contribution in [0, 0.1) is 5.92 Å². The van der Waals surface area contributed by atoms with Crippen molar-refractivity contribution in [3.05, 3.63) is 57.6 Å². The fraction of sp³-hybridized carbons (Fsp3) is 0.450. The average molecular weight is 367 g/mol. The summed E-state index contributed by atoms with van der Waals surface area (Å²) in [5.41, 5.74) is 8.03. The van der Waals surface area contributed by atoms with Crippen molar-refractivity contribution in [2.45, 2.75) is 25.4 Å². The van der Waals surface area contributed by atoms with E-state index >= 15 is 0 Å². The molecule has 1 saturated heterocycles. The minimum atomic E-state index is -0.459. The Hall–Kier alpha value is -2.67. The molecule has 1 amide bonds. The number of fused-ring (bicyclic) bond motifs is 4. The highest BCUT2D eigenvalue weighted by molar-refractivity contribution is 5.97. The lowest BCUT2D eigenvalue weighted by molar-refractivity contribution is 0.1000. The van der Waals surface area contributed by atoms with E-state index in [2.05, 4.69) is 16.0 Å². The molecule has 2 aliphatic rings. The van der Waals surface area contributed by atoms with Crippen LogP contribution in [0.15, 0.2) is 35.3 Å². The Bertz CT molecular complexity index is 936. The number of pyridine rings is 2. The molecule has 27 heavy (non-hydrogen) atoms. The highest BCUT2D eigenvalue weighted by Gasteiger charge is 2.36. The van der Waals surface area contributed by atoms with Crippen molar-refractivity contribution in [1.29, 1.82) is 0 Å². The molecule has 2 bridgehead atoms. The van der Waals surface area contributed by atoms with Gasteiger partial charge in [0.25, 0.3) is 11.5 Å². The van der Waals surface area contributed by atoms with E-state index in [9.17, 15) is 9.59 Å². The first-order valence-electron chi connectivity index (χ1n) is 9.31. The lowest BCUT2D eigenvalue weighted by Gasteiger charge is -2.43. The summed E-state index contributed by atoms with van der Waals surface area (Å²) in [7, 11) is 3.94. The molecule has 4 heterocycles. The van der Waals surface area contributed by atoms with Gasteiger partial charge in [0.1, 0.15) is 5.82 Å². The molecular formula is C20H25N5O2. The number of carbonyl (C=O) groups is 1.